The van der Waals surface area contributed by atoms with Crippen LogP contribution in [0.4, 0.5) is 0 Å². The van der Waals surface area contributed by atoms with Gasteiger partial charge in [0, 0.05) is 11.1 Å². The predicted octanol–water partition coefficient (Wildman–Crippen LogP) is 2.92. The summed E-state index contributed by atoms with van der Waals surface area (Å²) < 4.78 is 1.87. The summed E-state index contributed by atoms with van der Waals surface area (Å²) in [5, 5.41) is 0. The van der Waals surface area contributed by atoms with Gasteiger partial charge in [-0.05, 0) is 0 Å². The fourth-order valence-corrected chi connectivity index (χ4v) is 2.17. The molecule has 0 spiro atoms. The normalized spacial score (nSPS) is 10.3. The number of Topliss-reactive ketones (excluding diaryl/α,β-unsaturated/α-hetero) is 1. The van der Waals surface area contributed by atoms with Gasteiger partial charge >= 0.3 is 0 Å². The Morgan fingerprint density at radius 3 is 2.33 bits per heavy atom. The molecule has 0 fully saturated rings. The van der Waals surface area contributed by atoms with E-state index >= 15 is 0 Å². The number of aromatic nitrogens is 2. The Hall–Kier alpha value is -2.81. The van der Waals surface area contributed by atoms with Crippen LogP contribution in [-0.2, 0) is 6.54 Å². The van der Waals surface area contributed by atoms with Gasteiger partial charge in [0.1, 0.15) is 5.69 Å². The number of rotatable bonds is 4. The van der Waals surface area contributed by atoms with Crippen molar-refractivity contribution < 1.29 is 9.36 Å². The SMILES string of the molecule is O=C(C[n+]1ccnc(-c2ccccc2)c1)c1ccccc1. The van der Waals surface area contributed by atoms with Crippen molar-refractivity contribution in [3.63, 3.8) is 0 Å². The average Bonchev–Trinajstić information content (AvgIpc) is 2.57. The quantitative estimate of drug-likeness (QED) is 0.542. The van der Waals surface area contributed by atoms with E-state index in [4.69, 9.17) is 0 Å². The van der Waals surface area contributed by atoms with Crippen LogP contribution < -0.4 is 4.57 Å². The molecule has 0 atom stereocenters. The van der Waals surface area contributed by atoms with Crippen LogP contribution in [0.15, 0.2) is 79.3 Å². The molecular weight excluding hydrogens is 260 g/mol. The van der Waals surface area contributed by atoms with E-state index in [2.05, 4.69) is 4.98 Å². The summed E-state index contributed by atoms with van der Waals surface area (Å²) in [6, 6.07) is 19.3. The Kier molecular flexibility index (Phi) is 3.83. The fourth-order valence-electron chi connectivity index (χ4n) is 2.17. The number of nitrogens with zero attached hydrogens (tertiary/aromatic N) is 2. The lowest BCUT2D eigenvalue weighted by atomic mass is 10.1. The summed E-state index contributed by atoms with van der Waals surface area (Å²) in [7, 11) is 0. The van der Waals surface area contributed by atoms with Crippen molar-refractivity contribution in [1.29, 1.82) is 0 Å². The van der Waals surface area contributed by atoms with Crippen LogP contribution in [0.2, 0.25) is 0 Å². The summed E-state index contributed by atoms with van der Waals surface area (Å²) >= 11 is 0. The molecule has 3 heteroatoms. The monoisotopic (exact) mass is 275 g/mol. The zero-order valence-corrected chi connectivity index (χ0v) is 11.5. The molecule has 0 aliphatic carbocycles. The van der Waals surface area contributed by atoms with E-state index < -0.39 is 0 Å². The molecule has 0 bridgehead atoms. The maximum atomic E-state index is 12.2. The van der Waals surface area contributed by atoms with Crippen molar-refractivity contribution in [2.24, 2.45) is 0 Å². The summed E-state index contributed by atoms with van der Waals surface area (Å²) in [4.78, 5) is 16.6. The Morgan fingerprint density at radius 1 is 0.952 bits per heavy atom. The zero-order valence-electron chi connectivity index (χ0n) is 11.5. The van der Waals surface area contributed by atoms with Gasteiger partial charge in [-0.1, -0.05) is 60.7 Å². The second-order valence-electron chi connectivity index (χ2n) is 4.77. The average molecular weight is 275 g/mol. The number of ketones is 1. The van der Waals surface area contributed by atoms with E-state index in [9.17, 15) is 4.79 Å². The number of carbonyl (C=O) groups excluding carboxylic acids is 1. The van der Waals surface area contributed by atoms with Crippen molar-refractivity contribution in [2.45, 2.75) is 6.54 Å². The highest BCUT2D eigenvalue weighted by atomic mass is 16.1. The van der Waals surface area contributed by atoms with Crippen molar-refractivity contribution in [3.05, 3.63) is 84.8 Å². The molecule has 102 valence electrons. The molecule has 3 nitrogen and oxygen atoms in total. The van der Waals surface area contributed by atoms with Crippen LogP contribution in [0.3, 0.4) is 0 Å². The van der Waals surface area contributed by atoms with Gasteiger partial charge in [-0.25, -0.2) is 4.98 Å². The number of hydrogen-bond acceptors (Lipinski definition) is 2. The molecule has 0 aliphatic rings. The van der Waals surface area contributed by atoms with Crippen LogP contribution in [0.25, 0.3) is 11.3 Å². The van der Waals surface area contributed by atoms with Crippen LogP contribution in [0, 0.1) is 0 Å². The van der Waals surface area contributed by atoms with Crippen molar-refractivity contribution >= 4 is 5.78 Å². The summed E-state index contributed by atoms with van der Waals surface area (Å²) in [5.74, 6) is 0.0887. The minimum Gasteiger partial charge on any atom is -0.287 e. The molecule has 0 aliphatic heterocycles. The fraction of sp³-hybridized carbons (Fsp3) is 0.0556. The Bertz CT molecular complexity index is 739. The molecule has 0 saturated carbocycles. The van der Waals surface area contributed by atoms with Crippen molar-refractivity contribution in [2.75, 3.05) is 0 Å². The largest absolute Gasteiger partial charge is 0.287 e. The van der Waals surface area contributed by atoms with Gasteiger partial charge in [0.2, 0.25) is 12.3 Å². The van der Waals surface area contributed by atoms with Crippen LogP contribution in [-0.4, -0.2) is 10.8 Å². The number of benzene rings is 2. The first kappa shape index (κ1) is 13.2. The van der Waals surface area contributed by atoms with Crippen LogP contribution in [0.1, 0.15) is 10.4 Å². The first-order chi connectivity index (χ1) is 10.3. The van der Waals surface area contributed by atoms with Crippen LogP contribution >= 0.6 is 0 Å². The lowest BCUT2D eigenvalue weighted by Gasteiger charge is -2.01. The second kappa shape index (κ2) is 6.09. The smallest absolute Gasteiger partial charge is 0.227 e. The molecule has 0 saturated heterocycles. The van der Waals surface area contributed by atoms with E-state index in [0.717, 1.165) is 16.8 Å². The lowest BCUT2D eigenvalue weighted by Crippen LogP contribution is -2.37. The van der Waals surface area contributed by atoms with Gasteiger partial charge in [0.15, 0.2) is 12.4 Å². The lowest BCUT2D eigenvalue weighted by molar-refractivity contribution is -0.683. The van der Waals surface area contributed by atoms with E-state index in [1.165, 1.54) is 0 Å². The second-order valence-corrected chi connectivity index (χ2v) is 4.77. The van der Waals surface area contributed by atoms with Gasteiger partial charge in [0.25, 0.3) is 0 Å². The summed E-state index contributed by atoms with van der Waals surface area (Å²) in [6.45, 7) is 0.312. The molecule has 3 aromatic rings. The van der Waals surface area contributed by atoms with Gasteiger partial charge in [0.05, 0.1) is 6.20 Å². The minimum atomic E-state index is 0.0887. The molecule has 0 amide bonds. The predicted molar refractivity (Wildman–Crippen MR) is 80.6 cm³/mol. The molecule has 0 N–H and O–H groups in total. The third-order valence-corrected chi connectivity index (χ3v) is 3.25. The molecular formula is C18H15N2O+. The van der Waals surface area contributed by atoms with Crippen molar-refractivity contribution in [1.82, 2.24) is 4.98 Å². The topological polar surface area (TPSA) is 33.8 Å². The molecule has 0 radical (unpaired) electrons. The molecule has 1 heterocycles. The Morgan fingerprint density at radius 2 is 1.62 bits per heavy atom. The first-order valence-corrected chi connectivity index (χ1v) is 6.82. The Balaban J connectivity index is 1.83. The van der Waals surface area contributed by atoms with Crippen LogP contribution in [0.5, 0.6) is 0 Å². The van der Waals surface area contributed by atoms with Gasteiger partial charge in [-0.2, -0.15) is 4.57 Å². The van der Waals surface area contributed by atoms with Crippen molar-refractivity contribution in [3.8, 4) is 11.3 Å². The maximum absolute atomic E-state index is 12.2. The molecule has 2 aromatic carbocycles. The Labute approximate surface area is 123 Å². The molecule has 1 aromatic heterocycles. The molecule has 21 heavy (non-hydrogen) atoms. The highest BCUT2D eigenvalue weighted by Crippen LogP contribution is 2.13. The number of carbonyl (C=O) groups is 1. The molecule has 0 unspecified atom stereocenters. The zero-order chi connectivity index (χ0) is 14.5. The minimum absolute atomic E-state index is 0.0887. The van der Waals surface area contributed by atoms with Gasteiger partial charge < -0.3 is 0 Å². The maximum Gasteiger partial charge on any atom is 0.227 e. The first-order valence-electron chi connectivity index (χ1n) is 6.82. The standard InChI is InChI=1S/C18H15N2O/c21-18(16-9-5-2-6-10-16)14-20-12-11-19-17(13-20)15-7-3-1-4-8-15/h1-13H,14H2/q+1. The highest BCUT2D eigenvalue weighted by molar-refractivity contribution is 5.94. The highest BCUT2D eigenvalue weighted by Gasteiger charge is 2.13. The van der Waals surface area contributed by atoms with E-state index in [1.54, 1.807) is 6.20 Å². The van der Waals surface area contributed by atoms with E-state index in [0.29, 0.717) is 6.54 Å². The number of hydrogen-bond donors (Lipinski definition) is 0. The van der Waals surface area contributed by atoms with Gasteiger partial charge in [-0.15, -0.1) is 0 Å². The van der Waals surface area contributed by atoms with E-state index in [-0.39, 0.29) is 5.78 Å². The third-order valence-electron chi connectivity index (χ3n) is 3.25. The summed E-state index contributed by atoms with van der Waals surface area (Å²) in [6.07, 6.45) is 5.43. The third kappa shape index (κ3) is 3.20. The van der Waals surface area contributed by atoms with Gasteiger partial charge in [-0.3, -0.25) is 4.79 Å². The van der Waals surface area contributed by atoms with E-state index in [1.807, 2.05) is 77.6 Å². The summed E-state index contributed by atoms with van der Waals surface area (Å²) in [5.41, 5.74) is 2.63. The molecule has 3 rings (SSSR count).